The molecule has 0 saturated heterocycles. The number of para-hydroxylation sites is 1. The molecule has 1 heterocycles. The maximum atomic E-state index is 6.05. The molecular formula is C21H31N3OS2. The summed E-state index contributed by atoms with van der Waals surface area (Å²) in [6, 6.07) is 8.60. The van der Waals surface area contributed by atoms with Crippen molar-refractivity contribution in [2.45, 2.75) is 66.2 Å². The van der Waals surface area contributed by atoms with E-state index < -0.39 is 0 Å². The molecule has 0 bridgehead atoms. The van der Waals surface area contributed by atoms with Gasteiger partial charge in [0.15, 0.2) is 5.11 Å². The molecule has 1 N–H and O–H groups in total. The average molecular weight is 406 g/mol. The first-order valence-electron chi connectivity index (χ1n) is 9.65. The molecule has 2 rings (SSSR count). The monoisotopic (exact) mass is 405 g/mol. The number of nitrogens with one attached hydrogen (secondary N) is 1. The summed E-state index contributed by atoms with van der Waals surface area (Å²) in [6.45, 7) is 12.9. The fourth-order valence-electron chi connectivity index (χ4n) is 2.79. The lowest BCUT2D eigenvalue weighted by molar-refractivity contribution is 0.296. The SMILES string of the molecule is CCNC(=S)N(Cc1csc(COc2ccccc2C(C)C)n1)[C@H](C)CC. The maximum Gasteiger partial charge on any atom is 0.169 e. The van der Waals surface area contributed by atoms with Crippen LogP contribution in [0, 0.1) is 0 Å². The molecule has 0 fully saturated rings. The van der Waals surface area contributed by atoms with Crippen molar-refractivity contribution in [2.24, 2.45) is 0 Å². The Morgan fingerprint density at radius 3 is 2.67 bits per heavy atom. The van der Waals surface area contributed by atoms with Gasteiger partial charge in [0.1, 0.15) is 17.4 Å². The summed E-state index contributed by atoms with van der Waals surface area (Å²) in [4.78, 5) is 6.98. The van der Waals surface area contributed by atoms with Crippen LogP contribution in [0.1, 0.15) is 63.2 Å². The van der Waals surface area contributed by atoms with Gasteiger partial charge >= 0.3 is 0 Å². The molecule has 4 nitrogen and oxygen atoms in total. The normalized spacial score (nSPS) is 12.1. The Morgan fingerprint density at radius 1 is 1.26 bits per heavy atom. The Labute approximate surface area is 173 Å². The van der Waals surface area contributed by atoms with Crippen LogP contribution in [-0.4, -0.2) is 27.6 Å². The highest BCUT2D eigenvalue weighted by atomic mass is 32.1. The van der Waals surface area contributed by atoms with Crippen LogP contribution in [0.2, 0.25) is 0 Å². The number of thiocarbonyl (C=S) groups is 1. The first-order valence-corrected chi connectivity index (χ1v) is 10.9. The number of thiazole rings is 1. The molecule has 0 saturated carbocycles. The highest BCUT2D eigenvalue weighted by molar-refractivity contribution is 7.80. The van der Waals surface area contributed by atoms with Crippen molar-refractivity contribution >= 4 is 28.7 Å². The second-order valence-corrected chi connectivity index (χ2v) is 8.26. The van der Waals surface area contributed by atoms with Crippen LogP contribution in [0.4, 0.5) is 0 Å². The van der Waals surface area contributed by atoms with Gasteiger partial charge in [-0.05, 0) is 50.0 Å². The molecule has 0 aliphatic rings. The highest BCUT2D eigenvalue weighted by Gasteiger charge is 2.17. The first-order chi connectivity index (χ1) is 13.0. The van der Waals surface area contributed by atoms with E-state index in [-0.39, 0.29) is 0 Å². The lowest BCUT2D eigenvalue weighted by Gasteiger charge is -2.30. The molecule has 148 valence electrons. The minimum atomic E-state index is 0.371. The Balaban J connectivity index is 2.02. The van der Waals surface area contributed by atoms with Crippen LogP contribution >= 0.6 is 23.6 Å². The third kappa shape index (κ3) is 6.18. The van der Waals surface area contributed by atoms with E-state index in [4.69, 9.17) is 21.9 Å². The predicted octanol–water partition coefficient (Wildman–Crippen LogP) is 5.34. The van der Waals surface area contributed by atoms with Gasteiger partial charge in [0.25, 0.3) is 0 Å². The van der Waals surface area contributed by atoms with Crippen LogP contribution < -0.4 is 10.1 Å². The van der Waals surface area contributed by atoms with E-state index in [1.807, 2.05) is 12.1 Å². The molecule has 0 radical (unpaired) electrons. The van der Waals surface area contributed by atoms with E-state index in [1.54, 1.807) is 11.3 Å². The summed E-state index contributed by atoms with van der Waals surface area (Å²) in [5.74, 6) is 1.38. The molecule has 0 amide bonds. The Hall–Kier alpha value is -1.66. The number of aromatic nitrogens is 1. The number of hydrogen-bond donors (Lipinski definition) is 1. The van der Waals surface area contributed by atoms with Crippen molar-refractivity contribution in [3.05, 3.63) is 45.9 Å². The van der Waals surface area contributed by atoms with Gasteiger partial charge in [0.2, 0.25) is 0 Å². The zero-order chi connectivity index (χ0) is 19.8. The van der Waals surface area contributed by atoms with Gasteiger partial charge in [-0.3, -0.25) is 0 Å². The van der Waals surface area contributed by atoms with Crippen molar-refractivity contribution in [1.29, 1.82) is 0 Å². The smallest absolute Gasteiger partial charge is 0.169 e. The summed E-state index contributed by atoms with van der Waals surface area (Å²) in [5.41, 5.74) is 2.27. The topological polar surface area (TPSA) is 37.4 Å². The lowest BCUT2D eigenvalue weighted by Crippen LogP contribution is -2.44. The van der Waals surface area contributed by atoms with E-state index in [1.165, 1.54) is 5.56 Å². The summed E-state index contributed by atoms with van der Waals surface area (Å²) >= 11 is 7.19. The van der Waals surface area contributed by atoms with Crippen LogP contribution in [0.3, 0.4) is 0 Å². The minimum Gasteiger partial charge on any atom is -0.486 e. The minimum absolute atomic E-state index is 0.371. The Bertz CT molecular complexity index is 730. The fourth-order valence-corrected chi connectivity index (χ4v) is 3.88. The Kier molecular flexibility index (Phi) is 8.51. The van der Waals surface area contributed by atoms with E-state index in [9.17, 15) is 0 Å². The number of hydrogen-bond acceptors (Lipinski definition) is 4. The molecule has 2 aromatic rings. The number of rotatable bonds is 9. The van der Waals surface area contributed by atoms with Gasteiger partial charge in [0, 0.05) is 18.0 Å². The molecular weight excluding hydrogens is 374 g/mol. The number of nitrogens with zero attached hydrogens (tertiary/aromatic N) is 2. The first kappa shape index (κ1) is 21.6. The lowest BCUT2D eigenvalue weighted by atomic mass is 10.0. The standard InChI is InChI=1S/C21H31N3OS2/c1-6-16(5)24(21(26)22-7-2)12-17-14-27-20(23-17)13-25-19-11-9-8-10-18(19)15(3)4/h8-11,14-16H,6-7,12-13H2,1-5H3,(H,22,26)/t16-/m1/s1. The fraction of sp³-hybridized carbons (Fsp3) is 0.524. The van der Waals surface area contributed by atoms with Gasteiger partial charge < -0.3 is 15.0 Å². The molecule has 1 atom stereocenters. The van der Waals surface area contributed by atoms with Crippen LogP contribution in [0.15, 0.2) is 29.6 Å². The number of ether oxygens (including phenoxy) is 1. The summed E-state index contributed by atoms with van der Waals surface area (Å²) in [5, 5.41) is 7.15. The molecule has 6 heteroatoms. The van der Waals surface area contributed by atoms with Crippen molar-refractivity contribution < 1.29 is 4.74 Å². The van der Waals surface area contributed by atoms with Gasteiger partial charge in [-0.15, -0.1) is 11.3 Å². The molecule has 1 aromatic heterocycles. The van der Waals surface area contributed by atoms with E-state index in [0.717, 1.165) is 41.1 Å². The predicted molar refractivity (Wildman–Crippen MR) is 119 cm³/mol. The van der Waals surface area contributed by atoms with Crippen molar-refractivity contribution in [1.82, 2.24) is 15.2 Å². The van der Waals surface area contributed by atoms with Crippen molar-refractivity contribution in [3.8, 4) is 5.75 Å². The van der Waals surface area contributed by atoms with Crippen molar-refractivity contribution in [2.75, 3.05) is 6.54 Å². The molecule has 0 aliphatic carbocycles. The summed E-state index contributed by atoms with van der Waals surface area (Å²) in [6.07, 6.45) is 1.04. The van der Waals surface area contributed by atoms with E-state index >= 15 is 0 Å². The Morgan fingerprint density at radius 2 is 2.00 bits per heavy atom. The average Bonchev–Trinajstić information content (AvgIpc) is 3.11. The number of benzene rings is 1. The zero-order valence-corrected chi connectivity index (χ0v) is 18.6. The van der Waals surface area contributed by atoms with Crippen LogP contribution in [-0.2, 0) is 13.2 Å². The van der Waals surface area contributed by atoms with Crippen LogP contribution in [0.25, 0.3) is 0 Å². The maximum absolute atomic E-state index is 6.05. The molecule has 0 spiro atoms. The zero-order valence-electron chi connectivity index (χ0n) is 17.0. The molecule has 27 heavy (non-hydrogen) atoms. The van der Waals surface area contributed by atoms with Crippen molar-refractivity contribution in [3.63, 3.8) is 0 Å². The van der Waals surface area contributed by atoms with Gasteiger partial charge in [0.05, 0.1) is 12.2 Å². The summed E-state index contributed by atoms with van der Waals surface area (Å²) < 4.78 is 6.05. The second kappa shape index (κ2) is 10.6. The van der Waals surface area contributed by atoms with Gasteiger partial charge in [-0.2, -0.15) is 0 Å². The summed E-state index contributed by atoms with van der Waals surface area (Å²) in [7, 11) is 0. The highest BCUT2D eigenvalue weighted by Crippen LogP contribution is 2.27. The van der Waals surface area contributed by atoms with E-state index in [0.29, 0.717) is 18.6 Å². The largest absolute Gasteiger partial charge is 0.486 e. The van der Waals surface area contributed by atoms with Gasteiger partial charge in [-0.25, -0.2) is 4.98 Å². The third-order valence-corrected chi connectivity index (χ3v) is 5.79. The second-order valence-electron chi connectivity index (χ2n) is 6.93. The quantitative estimate of drug-likeness (QED) is 0.570. The van der Waals surface area contributed by atoms with Crippen LogP contribution in [0.5, 0.6) is 5.75 Å². The van der Waals surface area contributed by atoms with E-state index in [2.05, 4.69) is 62.3 Å². The van der Waals surface area contributed by atoms with Gasteiger partial charge in [-0.1, -0.05) is 39.0 Å². The molecule has 0 unspecified atom stereocenters. The third-order valence-electron chi connectivity index (χ3n) is 4.54. The molecule has 0 aliphatic heterocycles. The molecule has 1 aromatic carbocycles.